The maximum absolute atomic E-state index is 5.99. The molecule has 1 fully saturated rings. The van der Waals surface area contributed by atoms with Gasteiger partial charge in [0.25, 0.3) is 0 Å². The second-order valence-electron chi connectivity index (χ2n) is 3.63. The Morgan fingerprint density at radius 1 is 1.17 bits per heavy atom. The van der Waals surface area contributed by atoms with E-state index < -0.39 is 0 Å². The van der Waals surface area contributed by atoms with E-state index in [-0.39, 0.29) is 0 Å². The summed E-state index contributed by atoms with van der Waals surface area (Å²) in [4.78, 5) is 0. The molecule has 1 saturated carbocycles. The molecule has 0 bridgehead atoms. The molecule has 1 aromatic carbocycles. The van der Waals surface area contributed by atoms with Crippen LogP contribution in [-0.4, -0.2) is 5.88 Å². The molecule has 0 heterocycles. The Morgan fingerprint density at radius 3 is 2.25 bits per heavy atom. The molecule has 64 valence electrons. The lowest BCUT2D eigenvalue weighted by atomic mass is 9.66. The van der Waals surface area contributed by atoms with Crippen LogP contribution in [0.2, 0.25) is 0 Å². The average molecular weight is 181 g/mol. The second kappa shape index (κ2) is 3.10. The van der Waals surface area contributed by atoms with E-state index in [4.69, 9.17) is 11.6 Å². The highest BCUT2D eigenvalue weighted by atomic mass is 35.5. The van der Waals surface area contributed by atoms with Gasteiger partial charge in [0.2, 0.25) is 0 Å². The normalized spacial score (nSPS) is 20.1. The zero-order valence-corrected chi connectivity index (χ0v) is 7.85. The predicted octanol–water partition coefficient (Wildman–Crippen LogP) is 3.35. The average Bonchev–Trinajstić information content (AvgIpc) is 2.05. The van der Waals surface area contributed by atoms with Crippen LogP contribution < -0.4 is 0 Å². The lowest BCUT2D eigenvalue weighted by Crippen LogP contribution is -2.35. The van der Waals surface area contributed by atoms with E-state index >= 15 is 0 Å². The molecule has 1 aliphatic carbocycles. The van der Waals surface area contributed by atoms with Crippen molar-refractivity contribution in [2.24, 2.45) is 0 Å². The summed E-state index contributed by atoms with van der Waals surface area (Å²) in [6.07, 6.45) is 3.86. The summed E-state index contributed by atoms with van der Waals surface area (Å²) in [5.74, 6) is 0.775. The molecule has 0 saturated heterocycles. The Hall–Kier alpha value is -0.490. The predicted molar refractivity (Wildman–Crippen MR) is 52.7 cm³/mol. The van der Waals surface area contributed by atoms with Crippen molar-refractivity contribution in [1.29, 1.82) is 0 Å². The fourth-order valence-electron chi connectivity index (χ4n) is 1.89. The van der Waals surface area contributed by atoms with Crippen molar-refractivity contribution >= 4 is 11.6 Å². The highest BCUT2D eigenvalue weighted by molar-refractivity contribution is 6.18. The Labute approximate surface area is 78.6 Å². The minimum absolute atomic E-state index is 0.322. The van der Waals surface area contributed by atoms with Crippen LogP contribution in [0.3, 0.4) is 0 Å². The number of alkyl halides is 1. The Morgan fingerprint density at radius 2 is 1.83 bits per heavy atom. The van der Waals surface area contributed by atoms with Gasteiger partial charge in [0, 0.05) is 11.3 Å². The van der Waals surface area contributed by atoms with Crippen molar-refractivity contribution in [3.8, 4) is 0 Å². The van der Waals surface area contributed by atoms with Crippen LogP contribution in [-0.2, 0) is 5.41 Å². The van der Waals surface area contributed by atoms with Crippen molar-refractivity contribution in [3.63, 3.8) is 0 Å². The van der Waals surface area contributed by atoms with Gasteiger partial charge in [-0.3, -0.25) is 0 Å². The van der Waals surface area contributed by atoms with Gasteiger partial charge in [-0.15, -0.1) is 11.6 Å². The zero-order chi connectivity index (χ0) is 8.44. The van der Waals surface area contributed by atoms with Crippen LogP contribution in [0.15, 0.2) is 30.3 Å². The SMILES string of the molecule is ClCC1(c2ccccc2)CCC1. The van der Waals surface area contributed by atoms with Crippen LogP contribution in [0.25, 0.3) is 0 Å². The van der Waals surface area contributed by atoms with Crippen LogP contribution >= 0.6 is 11.6 Å². The van der Waals surface area contributed by atoms with Gasteiger partial charge >= 0.3 is 0 Å². The maximum Gasteiger partial charge on any atom is 0.0320 e. The molecule has 1 aromatic rings. The van der Waals surface area contributed by atoms with Gasteiger partial charge in [0.15, 0.2) is 0 Å². The van der Waals surface area contributed by atoms with Gasteiger partial charge in [-0.25, -0.2) is 0 Å². The third-order valence-electron chi connectivity index (χ3n) is 2.95. The Kier molecular flexibility index (Phi) is 2.10. The first-order chi connectivity index (χ1) is 5.87. The fraction of sp³-hybridized carbons (Fsp3) is 0.455. The molecule has 1 aliphatic rings. The van der Waals surface area contributed by atoms with Gasteiger partial charge in [-0.2, -0.15) is 0 Å². The molecule has 0 atom stereocenters. The van der Waals surface area contributed by atoms with Crippen molar-refractivity contribution < 1.29 is 0 Å². The smallest absolute Gasteiger partial charge is 0.0320 e. The van der Waals surface area contributed by atoms with Crippen LogP contribution in [0.5, 0.6) is 0 Å². The Balaban J connectivity index is 2.28. The highest BCUT2D eigenvalue weighted by Gasteiger charge is 2.37. The summed E-state index contributed by atoms with van der Waals surface area (Å²) in [6.45, 7) is 0. The quantitative estimate of drug-likeness (QED) is 0.613. The first-order valence-corrected chi connectivity index (χ1v) is 5.02. The standard InChI is InChI=1S/C11H13Cl/c12-9-11(7-4-8-11)10-5-2-1-3-6-10/h1-3,5-6H,4,7-9H2. The molecule has 0 aliphatic heterocycles. The van der Waals surface area contributed by atoms with Crippen LogP contribution in [0, 0.1) is 0 Å². The zero-order valence-electron chi connectivity index (χ0n) is 7.09. The number of halogens is 1. The molecule has 12 heavy (non-hydrogen) atoms. The van der Waals surface area contributed by atoms with E-state index in [1.54, 1.807) is 0 Å². The topological polar surface area (TPSA) is 0 Å². The van der Waals surface area contributed by atoms with Crippen LogP contribution in [0.1, 0.15) is 24.8 Å². The van der Waals surface area contributed by atoms with Gasteiger partial charge in [0.05, 0.1) is 0 Å². The highest BCUT2D eigenvalue weighted by Crippen LogP contribution is 2.44. The molecular weight excluding hydrogens is 168 g/mol. The van der Waals surface area contributed by atoms with Crippen molar-refractivity contribution in [3.05, 3.63) is 35.9 Å². The molecule has 0 radical (unpaired) electrons. The van der Waals surface area contributed by atoms with Gasteiger partial charge in [0.1, 0.15) is 0 Å². The minimum Gasteiger partial charge on any atom is -0.126 e. The van der Waals surface area contributed by atoms with E-state index in [0.717, 1.165) is 5.88 Å². The van der Waals surface area contributed by atoms with E-state index in [9.17, 15) is 0 Å². The first kappa shape index (κ1) is 8.12. The summed E-state index contributed by atoms with van der Waals surface area (Å²) in [6, 6.07) is 10.6. The third kappa shape index (κ3) is 1.15. The van der Waals surface area contributed by atoms with E-state index in [2.05, 4.69) is 30.3 Å². The number of benzene rings is 1. The third-order valence-corrected chi connectivity index (χ3v) is 3.46. The molecule has 0 aromatic heterocycles. The molecule has 1 heteroatoms. The maximum atomic E-state index is 5.99. The summed E-state index contributed by atoms with van der Waals surface area (Å²) < 4.78 is 0. The first-order valence-electron chi connectivity index (χ1n) is 4.49. The van der Waals surface area contributed by atoms with E-state index in [0.29, 0.717) is 5.41 Å². The number of hydrogen-bond acceptors (Lipinski definition) is 0. The lowest BCUT2D eigenvalue weighted by Gasteiger charge is -2.40. The molecule has 0 amide bonds. The summed E-state index contributed by atoms with van der Waals surface area (Å²) >= 11 is 5.99. The van der Waals surface area contributed by atoms with Gasteiger partial charge in [-0.05, 0) is 18.4 Å². The second-order valence-corrected chi connectivity index (χ2v) is 3.90. The molecule has 0 unspecified atom stereocenters. The molecule has 2 rings (SSSR count). The lowest BCUT2D eigenvalue weighted by molar-refractivity contribution is 0.277. The minimum atomic E-state index is 0.322. The number of hydrogen-bond donors (Lipinski definition) is 0. The summed E-state index contributed by atoms with van der Waals surface area (Å²) in [7, 11) is 0. The van der Waals surface area contributed by atoms with Crippen LogP contribution in [0.4, 0.5) is 0 Å². The van der Waals surface area contributed by atoms with Crippen molar-refractivity contribution in [2.75, 3.05) is 5.88 Å². The molecule has 0 N–H and O–H groups in total. The van der Waals surface area contributed by atoms with E-state index in [1.165, 1.54) is 24.8 Å². The number of rotatable bonds is 2. The fourth-order valence-corrected chi connectivity index (χ4v) is 2.32. The monoisotopic (exact) mass is 180 g/mol. The van der Waals surface area contributed by atoms with Gasteiger partial charge in [-0.1, -0.05) is 36.8 Å². The molecule has 0 nitrogen and oxygen atoms in total. The molecule has 0 spiro atoms. The van der Waals surface area contributed by atoms with Gasteiger partial charge < -0.3 is 0 Å². The van der Waals surface area contributed by atoms with Crippen molar-refractivity contribution in [2.45, 2.75) is 24.7 Å². The van der Waals surface area contributed by atoms with E-state index in [1.807, 2.05) is 0 Å². The van der Waals surface area contributed by atoms with Crippen molar-refractivity contribution in [1.82, 2.24) is 0 Å². The Bertz CT molecular complexity index is 243. The summed E-state index contributed by atoms with van der Waals surface area (Å²) in [5, 5.41) is 0. The molecular formula is C11H13Cl. The summed E-state index contributed by atoms with van der Waals surface area (Å²) in [5.41, 5.74) is 1.74. The largest absolute Gasteiger partial charge is 0.126 e.